The summed E-state index contributed by atoms with van der Waals surface area (Å²) in [6, 6.07) is 0.256. The number of nitrogens with two attached hydrogens (primary N) is 1. The molecule has 2 fully saturated rings. The van der Waals surface area contributed by atoms with Crippen molar-refractivity contribution in [3.8, 4) is 0 Å². The Labute approximate surface area is 98.7 Å². The van der Waals surface area contributed by atoms with Crippen molar-refractivity contribution >= 4 is 0 Å². The molecule has 3 atom stereocenters. The third-order valence-electron chi connectivity index (χ3n) is 3.80. The van der Waals surface area contributed by atoms with E-state index < -0.39 is 0 Å². The molecule has 3 nitrogen and oxygen atoms in total. The van der Waals surface area contributed by atoms with Crippen molar-refractivity contribution in [3.63, 3.8) is 0 Å². The second kappa shape index (κ2) is 6.58. The van der Waals surface area contributed by atoms with E-state index in [2.05, 4.69) is 0 Å². The molecule has 0 aromatic carbocycles. The molecule has 2 rings (SSSR count). The van der Waals surface area contributed by atoms with E-state index in [-0.39, 0.29) is 6.04 Å². The van der Waals surface area contributed by atoms with Crippen molar-refractivity contribution in [2.24, 2.45) is 5.73 Å². The van der Waals surface area contributed by atoms with Crippen LogP contribution in [0.4, 0.5) is 0 Å². The first-order valence-electron chi connectivity index (χ1n) is 6.85. The largest absolute Gasteiger partial charge is 0.378 e. The van der Waals surface area contributed by atoms with Gasteiger partial charge in [0.15, 0.2) is 0 Å². The van der Waals surface area contributed by atoms with Crippen LogP contribution < -0.4 is 5.73 Å². The van der Waals surface area contributed by atoms with Crippen LogP contribution in [-0.2, 0) is 9.47 Å². The predicted molar refractivity (Wildman–Crippen MR) is 64.4 cm³/mol. The molecule has 2 aliphatic rings. The first-order valence-corrected chi connectivity index (χ1v) is 6.85. The Balaban J connectivity index is 1.63. The number of hydrogen-bond donors (Lipinski definition) is 1. The predicted octanol–water partition coefficient (Wildman–Crippen LogP) is 2.23. The SMILES string of the molecule is NC1CCCCCC1OCCC1CCCO1. The van der Waals surface area contributed by atoms with E-state index in [0.717, 1.165) is 32.5 Å². The van der Waals surface area contributed by atoms with E-state index in [1.54, 1.807) is 0 Å². The Morgan fingerprint density at radius 3 is 2.75 bits per heavy atom. The zero-order valence-electron chi connectivity index (χ0n) is 10.2. The topological polar surface area (TPSA) is 44.5 Å². The summed E-state index contributed by atoms with van der Waals surface area (Å²) in [5.41, 5.74) is 6.12. The van der Waals surface area contributed by atoms with E-state index in [1.807, 2.05) is 0 Å². The molecule has 0 radical (unpaired) electrons. The molecule has 94 valence electrons. The lowest BCUT2D eigenvalue weighted by atomic mass is 10.1. The van der Waals surface area contributed by atoms with Crippen LogP contribution in [0.1, 0.15) is 51.4 Å². The van der Waals surface area contributed by atoms with Gasteiger partial charge >= 0.3 is 0 Å². The summed E-state index contributed by atoms with van der Waals surface area (Å²) in [4.78, 5) is 0. The highest BCUT2D eigenvalue weighted by Crippen LogP contribution is 2.20. The zero-order chi connectivity index (χ0) is 11.2. The lowest BCUT2D eigenvalue weighted by Gasteiger charge is -2.22. The van der Waals surface area contributed by atoms with Gasteiger partial charge in [-0.1, -0.05) is 19.3 Å². The fourth-order valence-corrected chi connectivity index (χ4v) is 2.73. The maximum atomic E-state index is 6.12. The number of rotatable bonds is 4. The van der Waals surface area contributed by atoms with Crippen LogP contribution in [0.3, 0.4) is 0 Å². The summed E-state index contributed by atoms with van der Waals surface area (Å²) in [6.07, 6.45) is 10.4. The average Bonchev–Trinajstić information content (AvgIpc) is 2.71. The number of ether oxygens (including phenoxy) is 2. The summed E-state index contributed by atoms with van der Waals surface area (Å²) in [7, 11) is 0. The van der Waals surface area contributed by atoms with Crippen molar-refractivity contribution < 1.29 is 9.47 Å². The van der Waals surface area contributed by atoms with Crippen LogP contribution in [-0.4, -0.2) is 31.5 Å². The van der Waals surface area contributed by atoms with Gasteiger partial charge in [-0.15, -0.1) is 0 Å². The zero-order valence-corrected chi connectivity index (χ0v) is 10.2. The highest BCUT2D eigenvalue weighted by Gasteiger charge is 2.22. The van der Waals surface area contributed by atoms with E-state index >= 15 is 0 Å². The lowest BCUT2D eigenvalue weighted by molar-refractivity contribution is 0.00539. The van der Waals surface area contributed by atoms with Gasteiger partial charge in [0.2, 0.25) is 0 Å². The Hall–Kier alpha value is -0.120. The van der Waals surface area contributed by atoms with Crippen LogP contribution >= 0.6 is 0 Å². The minimum absolute atomic E-state index is 0.256. The standard InChI is InChI=1S/C13H25NO2/c14-12-6-2-1-3-7-13(12)16-10-8-11-5-4-9-15-11/h11-13H,1-10,14H2. The van der Waals surface area contributed by atoms with Gasteiger partial charge in [-0.25, -0.2) is 0 Å². The highest BCUT2D eigenvalue weighted by molar-refractivity contribution is 4.77. The van der Waals surface area contributed by atoms with E-state index in [4.69, 9.17) is 15.2 Å². The van der Waals surface area contributed by atoms with Gasteiger partial charge in [0.25, 0.3) is 0 Å². The fraction of sp³-hybridized carbons (Fsp3) is 1.00. The van der Waals surface area contributed by atoms with E-state index in [0.29, 0.717) is 12.2 Å². The summed E-state index contributed by atoms with van der Waals surface area (Å²) in [5, 5.41) is 0. The van der Waals surface area contributed by atoms with Crippen molar-refractivity contribution in [1.29, 1.82) is 0 Å². The fourth-order valence-electron chi connectivity index (χ4n) is 2.73. The van der Waals surface area contributed by atoms with Crippen molar-refractivity contribution in [2.45, 2.75) is 69.6 Å². The van der Waals surface area contributed by atoms with Gasteiger partial charge in [0, 0.05) is 19.3 Å². The molecule has 0 aromatic rings. The average molecular weight is 227 g/mol. The third-order valence-corrected chi connectivity index (χ3v) is 3.80. The molecule has 1 aliphatic carbocycles. The molecule has 16 heavy (non-hydrogen) atoms. The molecular formula is C13H25NO2. The van der Waals surface area contributed by atoms with Gasteiger partial charge in [0.05, 0.1) is 12.2 Å². The van der Waals surface area contributed by atoms with Gasteiger partial charge in [-0.05, 0) is 32.1 Å². The smallest absolute Gasteiger partial charge is 0.0725 e. The molecule has 3 unspecified atom stereocenters. The second-order valence-corrected chi connectivity index (χ2v) is 5.13. The van der Waals surface area contributed by atoms with Crippen LogP contribution in [0.25, 0.3) is 0 Å². The van der Waals surface area contributed by atoms with Crippen molar-refractivity contribution in [2.75, 3.05) is 13.2 Å². The Bertz CT molecular complexity index is 192. The van der Waals surface area contributed by atoms with Crippen molar-refractivity contribution in [3.05, 3.63) is 0 Å². The van der Waals surface area contributed by atoms with E-state index in [9.17, 15) is 0 Å². The molecule has 0 amide bonds. The normalized spacial score (nSPS) is 36.2. The second-order valence-electron chi connectivity index (χ2n) is 5.13. The van der Waals surface area contributed by atoms with Crippen LogP contribution in [0.15, 0.2) is 0 Å². The monoisotopic (exact) mass is 227 g/mol. The van der Waals surface area contributed by atoms with Crippen molar-refractivity contribution in [1.82, 2.24) is 0 Å². The molecule has 1 saturated heterocycles. The molecular weight excluding hydrogens is 202 g/mol. The molecule has 0 aromatic heterocycles. The lowest BCUT2D eigenvalue weighted by Crippen LogP contribution is -2.36. The van der Waals surface area contributed by atoms with Gasteiger partial charge in [-0.3, -0.25) is 0 Å². The molecule has 1 heterocycles. The van der Waals surface area contributed by atoms with Gasteiger partial charge in [-0.2, -0.15) is 0 Å². The van der Waals surface area contributed by atoms with Gasteiger partial charge < -0.3 is 15.2 Å². The summed E-state index contributed by atoms with van der Waals surface area (Å²) in [5.74, 6) is 0. The minimum atomic E-state index is 0.256. The molecule has 0 bridgehead atoms. The van der Waals surface area contributed by atoms with Crippen LogP contribution in [0, 0.1) is 0 Å². The van der Waals surface area contributed by atoms with Gasteiger partial charge in [0.1, 0.15) is 0 Å². The highest BCUT2D eigenvalue weighted by atomic mass is 16.5. The molecule has 1 saturated carbocycles. The summed E-state index contributed by atoms with van der Waals surface area (Å²) in [6.45, 7) is 1.76. The Kier molecular flexibility index (Phi) is 5.07. The number of hydrogen-bond acceptors (Lipinski definition) is 3. The Morgan fingerprint density at radius 2 is 1.94 bits per heavy atom. The maximum absolute atomic E-state index is 6.12. The summed E-state index contributed by atoms with van der Waals surface area (Å²) >= 11 is 0. The molecule has 2 N–H and O–H groups in total. The summed E-state index contributed by atoms with van der Waals surface area (Å²) < 4.78 is 11.5. The molecule has 3 heteroatoms. The first kappa shape index (κ1) is 12.3. The molecule has 0 spiro atoms. The maximum Gasteiger partial charge on any atom is 0.0725 e. The molecule has 1 aliphatic heterocycles. The first-order chi connectivity index (χ1) is 7.86. The van der Waals surface area contributed by atoms with Crippen LogP contribution in [0.5, 0.6) is 0 Å². The Morgan fingerprint density at radius 1 is 1.06 bits per heavy atom. The third kappa shape index (κ3) is 3.72. The van der Waals surface area contributed by atoms with Crippen LogP contribution in [0.2, 0.25) is 0 Å². The van der Waals surface area contributed by atoms with E-state index in [1.165, 1.54) is 32.1 Å². The minimum Gasteiger partial charge on any atom is -0.378 e. The quantitative estimate of drug-likeness (QED) is 0.749.